The van der Waals surface area contributed by atoms with Gasteiger partial charge in [0.2, 0.25) is 5.91 Å². The second kappa shape index (κ2) is 6.29. The summed E-state index contributed by atoms with van der Waals surface area (Å²) in [5.41, 5.74) is 1.89. The summed E-state index contributed by atoms with van der Waals surface area (Å²) >= 11 is 8.77. The average molecular weight is 390 g/mol. The Labute approximate surface area is 156 Å². The molecular formula is C18H12ClNO3S2. The van der Waals surface area contributed by atoms with Crippen molar-refractivity contribution >= 4 is 51.8 Å². The van der Waals surface area contributed by atoms with Gasteiger partial charge >= 0.3 is 5.97 Å². The van der Waals surface area contributed by atoms with Crippen molar-refractivity contribution in [3.63, 3.8) is 0 Å². The lowest BCUT2D eigenvalue weighted by atomic mass is 9.93. The second-order valence-corrected chi connectivity index (χ2v) is 8.15. The summed E-state index contributed by atoms with van der Waals surface area (Å²) in [6.45, 7) is 0. The number of carbonyl (C=O) groups is 2. The number of aromatic carboxylic acids is 1. The number of halogens is 1. The number of rotatable bonds is 3. The third-order valence-electron chi connectivity index (χ3n) is 4.12. The van der Waals surface area contributed by atoms with Crippen molar-refractivity contribution in [3.05, 3.63) is 61.4 Å². The minimum atomic E-state index is -0.997. The quantitative estimate of drug-likeness (QED) is 0.638. The van der Waals surface area contributed by atoms with E-state index in [1.807, 2.05) is 17.5 Å². The smallest absolute Gasteiger partial charge is 0.346 e. The minimum absolute atomic E-state index is 0.101. The molecule has 1 aliphatic rings. The second-order valence-electron chi connectivity index (χ2n) is 5.68. The molecule has 3 aromatic rings. The summed E-state index contributed by atoms with van der Waals surface area (Å²) in [7, 11) is 0. The van der Waals surface area contributed by atoms with Crippen LogP contribution >= 0.6 is 34.3 Å². The number of amides is 1. The molecule has 1 atom stereocenters. The van der Waals surface area contributed by atoms with Gasteiger partial charge in [-0.3, -0.25) is 4.79 Å². The van der Waals surface area contributed by atoms with Crippen LogP contribution in [0.5, 0.6) is 0 Å². The lowest BCUT2D eigenvalue weighted by Gasteiger charge is -2.22. The van der Waals surface area contributed by atoms with E-state index in [1.54, 1.807) is 35.6 Å². The Morgan fingerprint density at radius 2 is 2.00 bits per heavy atom. The summed E-state index contributed by atoms with van der Waals surface area (Å²) in [6, 6.07) is 10.9. The molecule has 0 unspecified atom stereocenters. The van der Waals surface area contributed by atoms with Crippen LogP contribution < -0.4 is 5.32 Å². The number of carboxylic acid groups (broad SMARTS) is 1. The van der Waals surface area contributed by atoms with E-state index in [1.165, 1.54) is 11.3 Å². The van der Waals surface area contributed by atoms with Crippen LogP contribution in [0.2, 0.25) is 5.02 Å². The first-order valence-electron chi connectivity index (χ1n) is 7.53. The molecule has 0 aliphatic carbocycles. The molecule has 25 heavy (non-hydrogen) atoms. The predicted molar refractivity (Wildman–Crippen MR) is 101 cm³/mol. The molecule has 126 valence electrons. The van der Waals surface area contributed by atoms with Gasteiger partial charge in [-0.1, -0.05) is 29.8 Å². The number of carbonyl (C=O) groups excluding carboxylic acids is 1. The van der Waals surface area contributed by atoms with Crippen LogP contribution in [0.15, 0.2) is 41.8 Å². The van der Waals surface area contributed by atoms with Crippen molar-refractivity contribution in [2.24, 2.45) is 0 Å². The summed E-state index contributed by atoms with van der Waals surface area (Å²) in [6.07, 6.45) is 0.327. The normalized spacial score (nSPS) is 16.4. The summed E-state index contributed by atoms with van der Waals surface area (Å²) in [5, 5.41) is 15.1. The molecule has 4 nitrogen and oxygen atoms in total. The van der Waals surface area contributed by atoms with E-state index in [-0.39, 0.29) is 16.7 Å². The van der Waals surface area contributed by atoms with Crippen LogP contribution in [0, 0.1) is 0 Å². The zero-order valence-electron chi connectivity index (χ0n) is 12.8. The Bertz CT molecular complexity index is 961. The monoisotopic (exact) mass is 389 g/mol. The maximum atomic E-state index is 12.3. The molecular weight excluding hydrogens is 378 g/mol. The molecule has 0 saturated carbocycles. The first-order valence-corrected chi connectivity index (χ1v) is 9.61. The molecule has 1 aliphatic heterocycles. The highest BCUT2D eigenvalue weighted by Crippen LogP contribution is 2.50. The predicted octanol–water partition coefficient (Wildman–Crippen LogP) is 5.30. The number of nitrogens with one attached hydrogen (secondary N) is 1. The molecule has 0 fully saturated rings. The number of hydrogen-bond acceptors (Lipinski definition) is 4. The Balaban J connectivity index is 1.95. The van der Waals surface area contributed by atoms with Gasteiger partial charge in [-0.25, -0.2) is 4.79 Å². The Hall–Kier alpha value is -2.15. The molecule has 1 aromatic carbocycles. The van der Waals surface area contributed by atoms with E-state index in [4.69, 9.17) is 11.6 Å². The number of fused-ring (bicyclic) bond motifs is 1. The van der Waals surface area contributed by atoms with Gasteiger partial charge in [0.15, 0.2) is 0 Å². The zero-order valence-corrected chi connectivity index (χ0v) is 15.2. The summed E-state index contributed by atoms with van der Waals surface area (Å²) < 4.78 is 0. The van der Waals surface area contributed by atoms with Crippen LogP contribution in [-0.2, 0) is 4.79 Å². The fourth-order valence-electron chi connectivity index (χ4n) is 3.05. The molecule has 7 heteroatoms. The lowest BCUT2D eigenvalue weighted by Crippen LogP contribution is -2.22. The molecule has 0 bridgehead atoms. The van der Waals surface area contributed by atoms with Crippen molar-refractivity contribution in [2.75, 3.05) is 5.32 Å². The lowest BCUT2D eigenvalue weighted by molar-refractivity contribution is -0.116. The first kappa shape index (κ1) is 16.3. The van der Waals surface area contributed by atoms with E-state index < -0.39 is 5.97 Å². The summed E-state index contributed by atoms with van der Waals surface area (Å²) in [5.74, 6) is -1.20. The van der Waals surface area contributed by atoms with Gasteiger partial charge in [0.25, 0.3) is 0 Å². The maximum Gasteiger partial charge on any atom is 0.346 e. The minimum Gasteiger partial charge on any atom is -0.477 e. The highest BCUT2D eigenvalue weighted by Gasteiger charge is 2.34. The van der Waals surface area contributed by atoms with Gasteiger partial charge < -0.3 is 10.4 Å². The first-order chi connectivity index (χ1) is 12.0. The van der Waals surface area contributed by atoms with E-state index >= 15 is 0 Å². The zero-order chi connectivity index (χ0) is 17.6. The molecule has 0 spiro atoms. The van der Waals surface area contributed by atoms with Crippen LogP contribution in [0.25, 0.3) is 11.1 Å². The van der Waals surface area contributed by atoms with Gasteiger partial charge in [0.1, 0.15) is 4.88 Å². The Kier molecular flexibility index (Phi) is 4.11. The molecule has 2 N–H and O–H groups in total. The fraction of sp³-hybridized carbons (Fsp3) is 0.111. The van der Waals surface area contributed by atoms with E-state index in [9.17, 15) is 14.7 Å². The number of anilines is 1. The summed E-state index contributed by atoms with van der Waals surface area (Å²) in [4.78, 5) is 26.3. The molecule has 0 saturated heterocycles. The van der Waals surface area contributed by atoms with Crippen LogP contribution in [0.1, 0.15) is 31.8 Å². The van der Waals surface area contributed by atoms with Gasteiger partial charge in [-0.15, -0.1) is 22.7 Å². The third-order valence-corrected chi connectivity index (χ3v) is 6.65. The molecule has 3 heterocycles. The third kappa shape index (κ3) is 2.86. The Morgan fingerprint density at radius 1 is 1.24 bits per heavy atom. The SMILES string of the molecule is O=C1C[C@@H](c2cccs2)c2sc(C(=O)O)c(-c3ccc(Cl)cc3)c2N1. The number of benzene rings is 1. The van der Waals surface area contributed by atoms with Gasteiger partial charge in [-0.2, -0.15) is 0 Å². The van der Waals surface area contributed by atoms with Crippen molar-refractivity contribution in [1.82, 2.24) is 0 Å². The van der Waals surface area contributed by atoms with E-state index in [2.05, 4.69) is 5.32 Å². The van der Waals surface area contributed by atoms with Crippen LogP contribution in [-0.4, -0.2) is 17.0 Å². The molecule has 1 amide bonds. The standard InChI is InChI=1S/C18H12ClNO3S2/c19-10-5-3-9(4-6-10)14-15-16(25-17(14)18(22)23)11(8-13(21)20-15)12-2-1-7-24-12/h1-7,11H,8H2,(H,20,21)(H,22,23)/t11-/m0/s1. The van der Waals surface area contributed by atoms with Crippen molar-refractivity contribution < 1.29 is 14.7 Å². The van der Waals surface area contributed by atoms with Crippen molar-refractivity contribution in [1.29, 1.82) is 0 Å². The van der Waals surface area contributed by atoms with Gasteiger partial charge in [0.05, 0.1) is 5.69 Å². The van der Waals surface area contributed by atoms with Gasteiger partial charge in [-0.05, 0) is 29.1 Å². The fourth-order valence-corrected chi connectivity index (χ4v) is 5.32. The van der Waals surface area contributed by atoms with E-state index in [0.29, 0.717) is 22.7 Å². The van der Waals surface area contributed by atoms with Gasteiger partial charge in [0, 0.05) is 32.7 Å². The average Bonchev–Trinajstić information content (AvgIpc) is 3.22. The highest BCUT2D eigenvalue weighted by atomic mass is 35.5. The molecule has 2 aromatic heterocycles. The number of hydrogen-bond donors (Lipinski definition) is 2. The van der Waals surface area contributed by atoms with Crippen LogP contribution in [0.3, 0.4) is 0 Å². The van der Waals surface area contributed by atoms with E-state index in [0.717, 1.165) is 15.3 Å². The molecule has 0 radical (unpaired) electrons. The number of thiophene rings is 2. The topological polar surface area (TPSA) is 66.4 Å². The number of carboxylic acids is 1. The largest absolute Gasteiger partial charge is 0.477 e. The van der Waals surface area contributed by atoms with Crippen LogP contribution in [0.4, 0.5) is 5.69 Å². The molecule has 4 rings (SSSR count). The highest BCUT2D eigenvalue weighted by molar-refractivity contribution is 7.15. The van der Waals surface area contributed by atoms with Crippen molar-refractivity contribution in [3.8, 4) is 11.1 Å². The Morgan fingerprint density at radius 3 is 2.64 bits per heavy atom. The van der Waals surface area contributed by atoms with Crippen molar-refractivity contribution in [2.45, 2.75) is 12.3 Å². The maximum absolute atomic E-state index is 12.3.